The average molecular weight is 403 g/mol. The molecule has 1 aromatic heterocycles. The maximum absolute atomic E-state index is 13.1. The molecule has 9 nitrogen and oxygen atoms in total. The Morgan fingerprint density at radius 1 is 1.21 bits per heavy atom. The van der Waals surface area contributed by atoms with Crippen LogP contribution in [0.3, 0.4) is 0 Å². The van der Waals surface area contributed by atoms with Crippen LogP contribution in [0.4, 0.5) is 0 Å². The second-order valence-electron chi connectivity index (χ2n) is 6.56. The molecule has 0 radical (unpaired) electrons. The molecule has 1 unspecified atom stereocenters. The van der Waals surface area contributed by atoms with E-state index in [1.165, 1.54) is 24.5 Å². The van der Waals surface area contributed by atoms with E-state index >= 15 is 0 Å². The first-order valence-corrected chi connectivity index (χ1v) is 10.1. The molecular formula is C18H17N3O6S. The average Bonchev–Trinajstić information content (AvgIpc) is 3.41. The van der Waals surface area contributed by atoms with Gasteiger partial charge >= 0.3 is 0 Å². The predicted octanol–water partition coefficient (Wildman–Crippen LogP) is 0.633. The van der Waals surface area contributed by atoms with Gasteiger partial charge in [-0.1, -0.05) is 0 Å². The molecule has 3 heterocycles. The van der Waals surface area contributed by atoms with Gasteiger partial charge in [-0.05, 0) is 43.2 Å². The van der Waals surface area contributed by atoms with Gasteiger partial charge in [0.25, 0.3) is 11.8 Å². The summed E-state index contributed by atoms with van der Waals surface area (Å²) in [6.07, 6.45) is 2.43. The number of carbonyl (C=O) groups excluding carboxylic acids is 3. The van der Waals surface area contributed by atoms with Gasteiger partial charge in [0.2, 0.25) is 15.9 Å². The second kappa shape index (κ2) is 6.88. The van der Waals surface area contributed by atoms with Crippen molar-refractivity contribution in [2.45, 2.75) is 30.3 Å². The number of nitrogens with zero attached hydrogens (tertiary/aromatic N) is 1. The Balaban J connectivity index is 1.56. The summed E-state index contributed by atoms with van der Waals surface area (Å²) in [4.78, 5) is 35.9. The van der Waals surface area contributed by atoms with Gasteiger partial charge in [0.05, 0.1) is 28.8 Å². The molecule has 1 atom stereocenters. The lowest BCUT2D eigenvalue weighted by atomic mass is 10.1. The number of rotatable bonds is 5. The van der Waals surface area contributed by atoms with Crippen molar-refractivity contribution in [2.24, 2.45) is 0 Å². The maximum atomic E-state index is 13.1. The molecule has 28 heavy (non-hydrogen) atoms. The third-order valence-electron chi connectivity index (χ3n) is 4.84. The molecule has 0 bridgehead atoms. The molecule has 3 amide bonds. The van der Waals surface area contributed by atoms with E-state index < -0.39 is 33.8 Å². The van der Waals surface area contributed by atoms with Crippen LogP contribution >= 0.6 is 0 Å². The molecule has 4 rings (SSSR count). The van der Waals surface area contributed by atoms with Crippen LogP contribution in [0.15, 0.2) is 45.9 Å². The molecule has 2 aliphatic heterocycles. The van der Waals surface area contributed by atoms with Gasteiger partial charge in [-0.2, -0.15) is 4.31 Å². The fraction of sp³-hybridized carbons (Fsp3) is 0.278. The zero-order valence-corrected chi connectivity index (χ0v) is 15.5. The van der Waals surface area contributed by atoms with Crippen LogP contribution in [0.25, 0.3) is 0 Å². The highest BCUT2D eigenvalue weighted by atomic mass is 32.2. The molecule has 2 aliphatic rings. The lowest BCUT2D eigenvalue weighted by Crippen LogP contribution is -2.45. The topological polar surface area (TPSA) is 126 Å². The fourth-order valence-electron chi connectivity index (χ4n) is 3.44. The van der Waals surface area contributed by atoms with Crippen molar-refractivity contribution >= 4 is 27.7 Å². The molecule has 0 saturated carbocycles. The second-order valence-corrected chi connectivity index (χ2v) is 8.45. The first kappa shape index (κ1) is 18.4. The number of carbonyl (C=O) groups is 3. The van der Waals surface area contributed by atoms with Crippen molar-refractivity contribution in [3.63, 3.8) is 0 Å². The number of nitrogens with one attached hydrogen (secondary N) is 2. The molecule has 0 aliphatic carbocycles. The van der Waals surface area contributed by atoms with Gasteiger partial charge in [0.15, 0.2) is 0 Å². The van der Waals surface area contributed by atoms with Gasteiger partial charge in [-0.15, -0.1) is 0 Å². The van der Waals surface area contributed by atoms with Gasteiger partial charge in [-0.25, -0.2) is 8.42 Å². The summed E-state index contributed by atoms with van der Waals surface area (Å²) in [6.45, 7) is 0.362. The summed E-state index contributed by atoms with van der Waals surface area (Å²) in [5.74, 6) is -1.03. The van der Waals surface area contributed by atoms with Crippen molar-refractivity contribution in [3.8, 4) is 0 Å². The minimum Gasteiger partial charge on any atom is -0.467 e. The number of amides is 3. The van der Waals surface area contributed by atoms with E-state index in [0.717, 1.165) is 4.31 Å². The number of hydrogen-bond donors (Lipinski definition) is 2. The van der Waals surface area contributed by atoms with Crippen LogP contribution in [-0.2, 0) is 21.4 Å². The van der Waals surface area contributed by atoms with Crippen LogP contribution in [-0.4, -0.2) is 43.0 Å². The number of hydrogen-bond acceptors (Lipinski definition) is 6. The van der Waals surface area contributed by atoms with Crippen LogP contribution in [0.5, 0.6) is 0 Å². The molecule has 1 saturated heterocycles. The van der Waals surface area contributed by atoms with Gasteiger partial charge < -0.3 is 9.73 Å². The Morgan fingerprint density at radius 2 is 2.00 bits per heavy atom. The first-order chi connectivity index (χ1) is 13.4. The van der Waals surface area contributed by atoms with E-state index in [1.807, 2.05) is 0 Å². The molecule has 0 spiro atoms. The van der Waals surface area contributed by atoms with E-state index in [1.54, 1.807) is 12.1 Å². The third-order valence-corrected chi connectivity index (χ3v) is 6.74. The van der Waals surface area contributed by atoms with Crippen LogP contribution in [0.1, 0.15) is 39.3 Å². The molecular weight excluding hydrogens is 386 g/mol. The SMILES string of the molecule is O=C1NC(=O)c2cc(S(=O)(=O)N3CCCC3C(=O)NCc3ccco3)ccc21. The van der Waals surface area contributed by atoms with Crippen LogP contribution in [0.2, 0.25) is 0 Å². The smallest absolute Gasteiger partial charge is 0.258 e. The minimum atomic E-state index is -4.01. The van der Waals surface area contributed by atoms with Crippen molar-refractivity contribution in [3.05, 3.63) is 53.5 Å². The molecule has 1 fully saturated rings. The lowest BCUT2D eigenvalue weighted by Gasteiger charge is -2.23. The fourth-order valence-corrected chi connectivity index (χ4v) is 5.12. The lowest BCUT2D eigenvalue weighted by molar-refractivity contribution is -0.124. The Bertz CT molecular complexity index is 1060. The molecule has 146 valence electrons. The van der Waals surface area contributed by atoms with E-state index in [2.05, 4.69) is 10.6 Å². The van der Waals surface area contributed by atoms with Crippen LogP contribution < -0.4 is 10.6 Å². The number of furan rings is 1. The van der Waals surface area contributed by atoms with E-state index in [-0.39, 0.29) is 29.1 Å². The minimum absolute atomic E-state index is 0.0177. The Hall–Kier alpha value is -2.98. The molecule has 2 aromatic rings. The highest BCUT2D eigenvalue weighted by molar-refractivity contribution is 7.89. The number of fused-ring (bicyclic) bond motifs is 1. The summed E-state index contributed by atoms with van der Waals surface area (Å²) in [6, 6.07) is 6.33. The van der Waals surface area contributed by atoms with Gasteiger partial charge in [0, 0.05) is 6.54 Å². The summed E-state index contributed by atoms with van der Waals surface area (Å²) >= 11 is 0. The van der Waals surface area contributed by atoms with Crippen molar-refractivity contribution in [1.29, 1.82) is 0 Å². The number of imide groups is 1. The van der Waals surface area contributed by atoms with Crippen molar-refractivity contribution < 1.29 is 27.2 Å². The Labute approximate surface area is 160 Å². The van der Waals surface area contributed by atoms with Gasteiger partial charge in [-0.3, -0.25) is 19.7 Å². The summed E-state index contributed by atoms with van der Waals surface area (Å²) in [5, 5.41) is 4.82. The summed E-state index contributed by atoms with van der Waals surface area (Å²) in [7, 11) is -4.01. The van der Waals surface area contributed by atoms with E-state index in [4.69, 9.17) is 4.42 Å². The zero-order valence-electron chi connectivity index (χ0n) is 14.7. The standard InChI is InChI=1S/C18H17N3O6S/c22-16-13-6-5-12(9-14(13)17(23)20-16)28(25,26)21-7-1-4-15(21)18(24)19-10-11-3-2-8-27-11/h2-3,5-6,8-9,15H,1,4,7,10H2,(H,19,24)(H,20,22,23). The summed E-state index contributed by atoms with van der Waals surface area (Å²) in [5.41, 5.74) is 0.155. The monoisotopic (exact) mass is 403 g/mol. The molecule has 1 aromatic carbocycles. The largest absolute Gasteiger partial charge is 0.467 e. The van der Waals surface area contributed by atoms with E-state index in [9.17, 15) is 22.8 Å². The highest BCUT2D eigenvalue weighted by Crippen LogP contribution is 2.28. The predicted molar refractivity (Wildman–Crippen MR) is 95.7 cm³/mol. The first-order valence-electron chi connectivity index (χ1n) is 8.69. The van der Waals surface area contributed by atoms with Gasteiger partial charge in [0.1, 0.15) is 11.8 Å². The van der Waals surface area contributed by atoms with Crippen molar-refractivity contribution in [1.82, 2.24) is 14.9 Å². The van der Waals surface area contributed by atoms with E-state index in [0.29, 0.717) is 18.6 Å². The van der Waals surface area contributed by atoms with Crippen LogP contribution in [0, 0.1) is 0 Å². The third kappa shape index (κ3) is 3.10. The molecule has 2 N–H and O–H groups in total. The summed E-state index contributed by atoms with van der Waals surface area (Å²) < 4.78 is 32.5. The number of benzene rings is 1. The quantitative estimate of drug-likeness (QED) is 0.706. The Kier molecular flexibility index (Phi) is 4.52. The zero-order chi connectivity index (χ0) is 19.9. The number of sulfonamides is 1. The Morgan fingerprint density at radius 3 is 2.75 bits per heavy atom. The maximum Gasteiger partial charge on any atom is 0.258 e. The normalized spacial score (nSPS) is 19.5. The highest BCUT2D eigenvalue weighted by Gasteiger charge is 2.40. The molecule has 10 heteroatoms. The van der Waals surface area contributed by atoms with Crippen molar-refractivity contribution in [2.75, 3.05) is 6.54 Å².